The van der Waals surface area contributed by atoms with Crippen LogP contribution in [0.25, 0.3) is 33.4 Å². The molecule has 14 heteroatoms. The van der Waals surface area contributed by atoms with Gasteiger partial charge in [0.05, 0.1) is 21.8 Å². The molecule has 1 fully saturated rings. The van der Waals surface area contributed by atoms with E-state index in [1.165, 1.54) is 24.3 Å². The first kappa shape index (κ1) is 37.3. The number of hydrogen-bond acceptors (Lipinski definition) is 10. The standard InChI is InChI=1S/C40H39N3O9S2/c1-41(28-7-13-32(14-8-28)53(46,47)48)30-11-17-35-37(23-30)52-38-24-31(42(2)29-9-15-33(16-10-29)54(49,50)51)12-18-36(38)39(35)34-6-4-3-5-27(34)25-43-21-19-26(20-22-43)40(44)45/h3-18,23-24,26H,19-22,25H2,1-2H3,(H4-,44,45,46,47,48,49,50,51). The first-order chi connectivity index (χ1) is 25.7. The third-order valence-corrected chi connectivity index (χ3v) is 11.9. The van der Waals surface area contributed by atoms with Crippen molar-refractivity contribution in [3.8, 4) is 22.5 Å². The molecule has 4 aromatic carbocycles. The lowest BCUT2D eigenvalue weighted by Crippen LogP contribution is -2.35. The Morgan fingerprint density at radius 2 is 1.50 bits per heavy atom. The Morgan fingerprint density at radius 3 is 2.15 bits per heavy atom. The quantitative estimate of drug-likeness (QED) is 0.0651. The summed E-state index contributed by atoms with van der Waals surface area (Å²) in [6.45, 7) is 2.01. The molecule has 3 aliphatic rings. The zero-order valence-corrected chi connectivity index (χ0v) is 31.1. The van der Waals surface area contributed by atoms with E-state index >= 15 is 0 Å². The van der Waals surface area contributed by atoms with Gasteiger partial charge >= 0.3 is 5.97 Å². The number of likely N-dealkylation sites (tertiary alicyclic amines) is 1. The molecule has 2 aliphatic heterocycles. The molecule has 0 saturated carbocycles. The van der Waals surface area contributed by atoms with E-state index in [1.807, 2.05) is 72.1 Å². The maximum atomic E-state index is 11.6. The Kier molecular flexibility index (Phi) is 10.1. The highest BCUT2D eigenvalue weighted by molar-refractivity contribution is 8.19. The number of hydrogen-bond donors (Lipinski definition) is 4. The van der Waals surface area contributed by atoms with Crippen molar-refractivity contribution >= 4 is 55.0 Å². The van der Waals surface area contributed by atoms with Gasteiger partial charge in [-0.15, -0.1) is 0 Å². The van der Waals surface area contributed by atoms with E-state index in [1.54, 1.807) is 24.3 Å². The maximum absolute atomic E-state index is 11.6. The van der Waals surface area contributed by atoms with Gasteiger partial charge < -0.3 is 32.6 Å². The predicted octanol–water partition coefficient (Wildman–Crippen LogP) is 7.49. The molecule has 0 unspecified atom stereocenters. The van der Waals surface area contributed by atoms with Crippen LogP contribution in [-0.4, -0.2) is 69.8 Å². The van der Waals surface area contributed by atoms with E-state index in [2.05, 4.69) is 17.0 Å². The fraction of sp³-hybridized carbons (Fsp3) is 0.200. The highest BCUT2D eigenvalue weighted by Crippen LogP contribution is 2.44. The lowest BCUT2D eigenvalue weighted by atomic mass is 9.90. The minimum absolute atomic E-state index is 0.0151. The summed E-state index contributed by atoms with van der Waals surface area (Å²) < 4.78 is 72.2. The van der Waals surface area contributed by atoms with Gasteiger partial charge in [0, 0.05) is 65.7 Å². The molecule has 0 amide bonds. The Labute approximate surface area is 314 Å². The van der Waals surface area contributed by atoms with E-state index in [4.69, 9.17) is 4.42 Å². The molecule has 2 heterocycles. The molecule has 0 aromatic heterocycles. The highest BCUT2D eigenvalue weighted by atomic mass is 32.3. The van der Waals surface area contributed by atoms with Gasteiger partial charge in [-0.2, -0.15) is 4.58 Å². The number of rotatable bonds is 9. The van der Waals surface area contributed by atoms with Crippen LogP contribution in [0.1, 0.15) is 18.4 Å². The Hall–Kier alpha value is -5.06. The SMILES string of the molecule is CN(c1ccc(S(=O)(=O)[O-])cc1)c1ccc2c(-c3ccccc3CN3CCC(C(=O)O)CC3)c3ccc(=[N+](C)c4ccc(S(O)(O)O)cc4)cc-3oc2c1. The number of benzene rings is 5. The van der Waals surface area contributed by atoms with E-state index in [0.29, 0.717) is 49.5 Å². The van der Waals surface area contributed by atoms with Crippen molar-refractivity contribution in [2.45, 2.75) is 29.2 Å². The first-order valence-electron chi connectivity index (χ1n) is 17.2. The Balaban J connectivity index is 1.37. The van der Waals surface area contributed by atoms with Crippen LogP contribution in [0.15, 0.2) is 123 Å². The second-order valence-corrected chi connectivity index (χ2v) is 16.4. The monoisotopic (exact) mass is 769 g/mol. The van der Waals surface area contributed by atoms with Crippen molar-refractivity contribution < 1.29 is 40.9 Å². The topological polar surface area (TPSA) is 178 Å². The number of piperidine rings is 1. The average Bonchev–Trinajstić information content (AvgIpc) is 3.16. The van der Waals surface area contributed by atoms with Crippen LogP contribution in [0.5, 0.6) is 0 Å². The summed E-state index contributed by atoms with van der Waals surface area (Å²) in [5.41, 5.74) is 6.69. The van der Waals surface area contributed by atoms with Gasteiger partial charge in [0.15, 0.2) is 0 Å². The zero-order valence-electron chi connectivity index (χ0n) is 29.5. The predicted molar refractivity (Wildman–Crippen MR) is 207 cm³/mol. The summed E-state index contributed by atoms with van der Waals surface area (Å²) >= 11 is 0. The van der Waals surface area contributed by atoms with Crippen LogP contribution in [-0.2, 0) is 21.5 Å². The van der Waals surface area contributed by atoms with Crippen molar-refractivity contribution in [1.82, 2.24) is 9.48 Å². The van der Waals surface area contributed by atoms with Crippen molar-refractivity contribution in [3.63, 3.8) is 0 Å². The number of carbonyl (C=O) groups is 1. The van der Waals surface area contributed by atoms with Crippen LogP contribution in [0.2, 0.25) is 0 Å². The normalized spacial score (nSPS) is 15.4. The van der Waals surface area contributed by atoms with Crippen LogP contribution >= 0.6 is 10.9 Å². The van der Waals surface area contributed by atoms with Crippen LogP contribution in [0.4, 0.5) is 17.1 Å². The molecular weight excluding hydrogens is 731 g/mol. The minimum atomic E-state index is -4.59. The summed E-state index contributed by atoms with van der Waals surface area (Å²) in [5.74, 6) is -0.474. The summed E-state index contributed by atoms with van der Waals surface area (Å²) in [4.78, 5) is 15.5. The smallest absolute Gasteiger partial charge is 0.306 e. The molecule has 0 atom stereocenters. The fourth-order valence-corrected chi connectivity index (χ4v) is 8.01. The molecular formula is C40H39N3O9S2. The van der Waals surface area contributed by atoms with Crippen LogP contribution in [0.3, 0.4) is 0 Å². The van der Waals surface area contributed by atoms with Gasteiger partial charge in [-0.25, -0.2) is 8.42 Å². The van der Waals surface area contributed by atoms with Crippen LogP contribution < -0.4 is 14.8 Å². The first-order valence-corrected chi connectivity index (χ1v) is 20.1. The minimum Gasteiger partial charge on any atom is -0.744 e. The number of nitrogens with zero attached hydrogens (tertiary/aromatic N) is 3. The zero-order chi connectivity index (χ0) is 38.4. The van der Waals surface area contributed by atoms with Crippen molar-refractivity contribution in [2.75, 3.05) is 32.1 Å². The van der Waals surface area contributed by atoms with E-state index in [9.17, 15) is 36.5 Å². The van der Waals surface area contributed by atoms with E-state index in [0.717, 1.165) is 44.4 Å². The van der Waals surface area contributed by atoms with Gasteiger partial charge in [0.25, 0.3) is 0 Å². The number of aliphatic carboxylic acids is 1. The van der Waals surface area contributed by atoms with Crippen molar-refractivity contribution in [2.24, 2.45) is 5.92 Å². The fourth-order valence-electron chi connectivity index (χ4n) is 7.04. The van der Waals surface area contributed by atoms with E-state index in [-0.39, 0.29) is 15.7 Å². The second kappa shape index (κ2) is 14.6. The molecule has 1 aliphatic carbocycles. The molecule has 12 nitrogen and oxygen atoms in total. The lowest BCUT2D eigenvalue weighted by Gasteiger charge is -2.31. The van der Waals surface area contributed by atoms with Gasteiger partial charge in [-0.3, -0.25) is 9.69 Å². The highest BCUT2D eigenvalue weighted by Gasteiger charge is 2.26. The number of fused-ring (bicyclic) bond motifs is 2. The van der Waals surface area contributed by atoms with E-state index < -0.39 is 27.0 Å². The molecule has 54 heavy (non-hydrogen) atoms. The van der Waals surface area contributed by atoms with Gasteiger partial charge in [-0.1, -0.05) is 24.3 Å². The molecule has 280 valence electrons. The Morgan fingerprint density at radius 1 is 0.852 bits per heavy atom. The molecule has 7 rings (SSSR count). The van der Waals surface area contributed by atoms with Crippen molar-refractivity contribution in [3.05, 3.63) is 120 Å². The summed E-state index contributed by atoms with van der Waals surface area (Å²) in [6, 6.07) is 32.0. The molecule has 0 spiro atoms. The summed E-state index contributed by atoms with van der Waals surface area (Å²) in [5, 5.41) is 11.2. The second-order valence-electron chi connectivity index (χ2n) is 13.5. The third kappa shape index (κ3) is 7.63. The molecule has 4 aromatic rings. The molecule has 1 saturated heterocycles. The maximum Gasteiger partial charge on any atom is 0.306 e. The molecule has 0 bridgehead atoms. The molecule has 0 radical (unpaired) electrons. The van der Waals surface area contributed by atoms with Gasteiger partial charge in [0.1, 0.15) is 39.4 Å². The summed E-state index contributed by atoms with van der Waals surface area (Å²) in [6.07, 6.45) is 1.20. The van der Waals surface area contributed by atoms with Gasteiger partial charge in [0.2, 0.25) is 11.0 Å². The Bertz CT molecular complexity index is 2500. The summed E-state index contributed by atoms with van der Waals surface area (Å²) in [7, 11) is -4.73. The third-order valence-electron chi connectivity index (χ3n) is 10.1. The van der Waals surface area contributed by atoms with Gasteiger partial charge in [-0.05, 0) is 91.7 Å². The lowest BCUT2D eigenvalue weighted by molar-refractivity contribution is -0.143. The molecule has 4 N–H and O–H groups in total. The number of carboxylic acid groups (broad SMARTS) is 1. The van der Waals surface area contributed by atoms with Crippen LogP contribution in [0, 0.1) is 5.92 Å². The van der Waals surface area contributed by atoms with Crippen molar-refractivity contribution in [1.29, 1.82) is 0 Å². The average molecular weight is 770 g/mol. The number of carboxylic acids is 1. The number of anilines is 2. The largest absolute Gasteiger partial charge is 0.744 e.